The Bertz CT molecular complexity index is 333. The van der Waals surface area contributed by atoms with Gasteiger partial charge in [-0.1, -0.05) is 18.2 Å². The molecule has 0 radical (unpaired) electrons. The predicted molar refractivity (Wildman–Crippen MR) is 65.7 cm³/mol. The summed E-state index contributed by atoms with van der Waals surface area (Å²) in [6.45, 7) is 1.94. The molecule has 1 aliphatic heterocycles. The fraction of sp³-hybridized carbons (Fsp3) is 0.571. The van der Waals surface area contributed by atoms with E-state index >= 15 is 0 Å². The maximum absolute atomic E-state index is 5.96. The van der Waals surface area contributed by atoms with Crippen molar-refractivity contribution < 1.29 is 4.74 Å². The summed E-state index contributed by atoms with van der Waals surface area (Å²) in [5.74, 6) is 0.866. The molecule has 3 rings (SSSR count). The lowest BCUT2D eigenvalue weighted by Crippen LogP contribution is -2.22. The second kappa shape index (κ2) is 4.46. The first-order valence-electron chi connectivity index (χ1n) is 6.35. The third-order valence-electron chi connectivity index (χ3n) is 3.54. The molecular weight excluding hydrogens is 198 g/mol. The first-order chi connectivity index (χ1) is 7.92. The van der Waals surface area contributed by atoms with E-state index in [0.717, 1.165) is 31.9 Å². The average Bonchev–Trinajstić information content (AvgIpc) is 3.13. The standard InChI is InChI=1S/C14H19NO/c1-2-4-14-12(3-1)7-8-13(9-15-14)16-10-11-5-6-11/h1-4,11,13,15H,5-10H2. The summed E-state index contributed by atoms with van der Waals surface area (Å²) in [5, 5.41) is 3.49. The molecule has 16 heavy (non-hydrogen) atoms. The lowest BCUT2D eigenvalue weighted by Gasteiger charge is -2.15. The average molecular weight is 217 g/mol. The van der Waals surface area contributed by atoms with Crippen LogP contribution in [0.5, 0.6) is 0 Å². The van der Waals surface area contributed by atoms with E-state index in [1.54, 1.807) is 0 Å². The summed E-state index contributed by atoms with van der Waals surface area (Å²) < 4.78 is 5.96. The molecule has 1 fully saturated rings. The van der Waals surface area contributed by atoms with Gasteiger partial charge < -0.3 is 10.1 Å². The highest BCUT2D eigenvalue weighted by Crippen LogP contribution is 2.30. The molecule has 0 spiro atoms. The van der Waals surface area contributed by atoms with Crippen molar-refractivity contribution in [2.24, 2.45) is 5.92 Å². The number of nitrogens with one attached hydrogen (secondary N) is 1. The highest BCUT2D eigenvalue weighted by atomic mass is 16.5. The van der Waals surface area contributed by atoms with E-state index in [1.807, 2.05) is 0 Å². The Morgan fingerprint density at radius 1 is 1.19 bits per heavy atom. The Hall–Kier alpha value is -1.02. The maximum atomic E-state index is 5.96. The molecule has 86 valence electrons. The molecule has 1 aliphatic carbocycles. The van der Waals surface area contributed by atoms with Gasteiger partial charge in [0.25, 0.3) is 0 Å². The molecule has 1 atom stereocenters. The van der Waals surface area contributed by atoms with E-state index in [0.29, 0.717) is 6.10 Å². The number of benzene rings is 1. The third kappa shape index (κ3) is 2.38. The molecule has 2 heteroatoms. The van der Waals surface area contributed by atoms with Gasteiger partial charge >= 0.3 is 0 Å². The molecule has 1 N–H and O–H groups in total. The lowest BCUT2D eigenvalue weighted by molar-refractivity contribution is 0.0501. The van der Waals surface area contributed by atoms with E-state index in [-0.39, 0.29) is 0 Å². The van der Waals surface area contributed by atoms with Crippen LogP contribution in [-0.2, 0) is 11.2 Å². The first kappa shape index (κ1) is 10.2. The van der Waals surface area contributed by atoms with Crippen LogP contribution in [0.1, 0.15) is 24.8 Å². The molecule has 0 aromatic heterocycles. The zero-order valence-electron chi connectivity index (χ0n) is 9.61. The number of hydrogen-bond acceptors (Lipinski definition) is 2. The number of ether oxygens (including phenoxy) is 1. The molecular formula is C14H19NO. The minimum Gasteiger partial charge on any atom is -0.382 e. The second-order valence-electron chi connectivity index (χ2n) is 4.98. The van der Waals surface area contributed by atoms with E-state index in [1.165, 1.54) is 24.1 Å². The van der Waals surface area contributed by atoms with Gasteiger partial charge in [0.15, 0.2) is 0 Å². The van der Waals surface area contributed by atoms with E-state index < -0.39 is 0 Å². The van der Waals surface area contributed by atoms with Crippen molar-refractivity contribution in [2.45, 2.75) is 31.8 Å². The fourth-order valence-corrected chi connectivity index (χ4v) is 2.25. The number of fused-ring (bicyclic) bond motifs is 1. The molecule has 2 nitrogen and oxygen atoms in total. The van der Waals surface area contributed by atoms with Crippen LogP contribution in [0.4, 0.5) is 5.69 Å². The van der Waals surface area contributed by atoms with Crippen LogP contribution in [0.2, 0.25) is 0 Å². The Balaban J connectivity index is 1.58. The van der Waals surface area contributed by atoms with Crippen molar-refractivity contribution >= 4 is 5.69 Å². The summed E-state index contributed by atoms with van der Waals surface area (Å²) >= 11 is 0. The SMILES string of the molecule is c1ccc2c(c1)CCC(OCC1CC1)CN2. The highest BCUT2D eigenvalue weighted by molar-refractivity contribution is 5.51. The Morgan fingerprint density at radius 2 is 2.06 bits per heavy atom. The molecule has 0 saturated heterocycles. The molecule has 0 bridgehead atoms. The van der Waals surface area contributed by atoms with Crippen molar-refractivity contribution in [3.63, 3.8) is 0 Å². The van der Waals surface area contributed by atoms with Crippen LogP contribution in [0.25, 0.3) is 0 Å². The maximum Gasteiger partial charge on any atom is 0.0750 e. The van der Waals surface area contributed by atoms with Crippen LogP contribution in [0, 0.1) is 5.92 Å². The van der Waals surface area contributed by atoms with Gasteiger partial charge in [0, 0.05) is 18.8 Å². The number of aryl methyl sites for hydroxylation is 1. The zero-order valence-corrected chi connectivity index (χ0v) is 9.61. The lowest BCUT2D eigenvalue weighted by atomic mass is 10.1. The fourth-order valence-electron chi connectivity index (χ4n) is 2.25. The third-order valence-corrected chi connectivity index (χ3v) is 3.54. The predicted octanol–water partition coefficient (Wildman–Crippen LogP) is 2.84. The van der Waals surface area contributed by atoms with Crippen LogP contribution < -0.4 is 5.32 Å². The van der Waals surface area contributed by atoms with Gasteiger partial charge in [-0.3, -0.25) is 0 Å². The smallest absolute Gasteiger partial charge is 0.0750 e. The van der Waals surface area contributed by atoms with E-state index in [4.69, 9.17) is 4.74 Å². The summed E-state index contributed by atoms with van der Waals surface area (Å²) in [6.07, 6.45) is 5.43. The Morgan fingerprint density at radius 3 is 2.94 bits per heavy atom. The van der Waals surface area contributed by atoms with Crippen LogP contribution >= 0.6 is 0 Å². The van der Waals surface area contributed by atoms with Gasteiger partial charge in [-0.05, 0) is 43.2 Å². The number of para-hydroxylation sites is 1. The van der Waals surface area contributed by atoms with Crippen LogP contribution in [0.15, 0.2) is 24.3 Å². The topological polar surface area (TPSA) is 21.3 Å². The van der Waals surface area contributed by atoms with Crippen LogP contribution in [-0.4, -0.2) is 19.3 Å². The molecule has 2 aliphatic rings. The van der Waals surface area contributed by atoms with Crippen molar-refractivity contribution in [1.82, 2.24) is 0 Å². The monoisotopic (exact) mass is 217 g/mol. The van der Waals surface area contributed by atoms with Crippen LogP contribution in [0.3, 0.4) is 0 Å². The van der Waals surface area contributed by atoms with Gasteiger partial charge in [-0.25, -0.2) is 0 Å². The van der Waals surface area contributed by atoms with Crippen molar-refractivity contribution in [3.05, 3.63) is 29.8 Å². The zero-order chi connectivity index (χ0) is 10.8. The number of hydrogen-bond donors (Lipinski definition) is 1. The summed E-state index contributed by atoms with van der Waals surface area (Å²) in [7, 11) is 0. The van der Waals surface area contributed by atoms with Gasteiger partial charge in [0.05, 0.1) is 6.10 Å². The van der Waals surface area contributed by atoms with Crippen molar-refractivity contribution in [3.8, 4) is 0 Å². The second-order valence-corrected chi connectivity index (χ2v) is 4.98. The van der Waals surface area contributed by atoms with E-state index in [9.17, 15) is 0 Å². The molecule has 0 amide bonds. The number of rotatable bonds is 3. The van der Waals surface area contributed by atoms with E-state index in [2.05, 4.69) is 29.6 Å². The minimum atomic E-state index is 0.396. The molecule has 1 heterocycles. The summed E-state index contributed by atoms with van der Waals surface area (Å²) in [4.78, 5) is 0. The summed E-state index contributed by atoms with van der Waals surface area (Å²) in [5.41, 5.74) is 2.72. The van der Waals surface area contributed by atoms with Gasteiger partial charge in [-0.2, -0.15) is 0 Å². The Kier molecular flexibility index (Phi) is 2.83. The van der Waals surface area contributed by atoms with Crippen molar-refractivity contribution in [2.75, 3.05) is 18.5 Å². The highest BCUT2D eigenvalue weighted by Gasteiger charge is 2.24. The van der Waals surface area contributed by atoms with Crippen molar-refractivity contribution in [1.29, 1.82) is 0 Å². The number of anilines is 1. The molecule has 1 saturated carbocycles. The quantitative estimate of drug-likeness (QED) is 0.840. The van der Waals surface area contributed by atoms with Gasteiger partial charge in [0.2, 0.25) is 0 Å². The Labute approximate surface area is 97.0 Å². The first-order valence-corrected chi connectivity index (χ1v) is 6.35. The molecule has 1 unspecified atom stereocenters. The molecule has 1 aromatic rings. The largest absolute Gasteiger partial charge is 0.382 e. The minimum absolute atomic E-state index is 0.396. The van der Waals surface area contributed by atoms with Gasteiger partial charge in [-0.15, -0.1) is 0 Å². The molecule has 1 aromatic carbocycles. The van der Waals surface area contributed by atoms with Gasteiger partial charge in [0.1, 0.15) is 0 Å². The normalized spacial score (nSPS) is 24.4. The summed E-state index contributed by atoms with van der Waals surface area (Å²) in [6, 6.07) is 8.59.